The van der Waals surface area contributed by atoms with Crippen LogP contribution in [0.1, 0.15) is 22.6 Å². The van der Waals surface area contributed by atoms with Crippen molar-refractivity contribution in [3.63, 3.8) is 0 Å². The highest BCUT2D eigenvalue weighted by Crippen LogP contribution is 2.20. The van der Waals surface area contributed by atoms with E-state index in [4.69, 9.17) is 5.11 Å². The number of aryl methyl sites for hydroxylation is 1. The third kappa shape index (κ3) is 2.53. The Morgan fingerprint density at radius 1 is 1.56 bits per heavy atom. The van der Waals surface area contributed by atoms with Crippen molar-refractivity contribution in [3.05, 3.63) is 17.5 Å². The Balaban J connectivity index is 2.09. The molecular weight excluding hydrogens is 234 g/mol. The van der Waals surface area contributed by atoms with E-state index in [1.54, 1.807) is 13.0 Å². The molecule has 0 aliphatic carbocycles. The molecule has 2 heterocycles. The Morgan fingerprint density at radius 2 is 2.28 bits per heavy atom. The molecule has 0 aromatic carbocycles. The van der Waals surface area contributed by atoms with E-state index in [9.17, 15) is 9.59 Å². The lowest BCUT2D eigenvalue weighted by Crippen LogP contribution is -2.25. The summed E-state index contributed by atoms with van der Waals surface area (Å²) in [6, 6.07) is 1.64. The molecule has 1 fully saturated rings. The number of carbonyl (C=O) groups excluding carboxylic acids is 1. The summed E-state index contributed by atoms with van der Waals surface area (Å²) in [5, 5.41) is 11.7. The topological polar surface area (TPSA) is 85.4 Å². The van der Waals surface area contributed by atoms with E-state index in [-0.39, 0.29) is 17.5 Å². The molecule has 18 heavy (non-hydrogen) atoms. The number of likely N-dealkylation sites (tertiary alicyclic amines) is 1. The third-order valence-electron chi connectivity index (χ3n) is 3.19. The van der Waals surface area contributed by atoms with Crippen LogP contribution in [0.25, 0.3) is 0 Å². The number of hydrogen-bond acceptors (Lipinski definition) is 3. The van der Waals surface area contributed by atoms with Gasteiger partial charge in [0.05, 0.1) is 11.6 Å². The van der Waals surface area contributed by atoms with Gasteiger partial charge in [0.1, 0.15) is 5.69 Å². The van der Waals surface area contributed by atoms with Crippen LogP contribution in [-0.4, -0.2) is 47.0 Å². The molecule has 1 unspecified atom stereocenters. The second-order valence-corrected chi connectivity index (χ2v) is 4.78. The number of amides is 1. The molecule has 1 aliphatic rings. The number of carbonyl (C=O) groups is 2. The van der Waals surface area contributed by atoms with Crippen molar-refractivity contribution in [1.82, 2.24) is 9.88 Å². The highest BCUT2D eigenvalue weighted by molar-refractivity contribution is 6.00. The highest BCUT2D eigenvalue weighted by Gasteiger charge is 2.27. The Bertz CT molecular complexity index is 481. The van der Waals surface area contributed by atoms with E-state index in [1.807, 2.05) is 7.05 Å². The monoisotopic (exact) mass is 251 g/mol. The number of anilines is 1. The fourth-order valence-corrected chi connectivity index (χ4v) is 2.24. The number of aromatic carboxylic acids is 1. The first-order valence-electron chi connectivity index (χ1n) is 5.89. The smallest absolute Gasteiger partial charge is 0.354 e. The number of aromatic amines is 1. The van der Waals surface area contributed by atoms with Gasteiger partial charge < -0.3 is 20.3 Å². The lowest BCUT2D eigenvalue weighted by molar-refractivity contribution is -0.119. The average Bonchev–Trinajstić information content (AvgIpc) is 2.85. The zero-order valence-electron chi connectivity index (χ0n) is 10.5. The van der Waals surface area contributed by atoms with Crippen LogP contribution in [0.15, 0.2) is 6.07 Å². The van der Waals surface area contributed by atoms with Gasteiger partial charge in [0.2, 0.25) is 5.91 Å². The molecule has 6 nitrogen and oxygen atoms in total. The first kappa shape index (κ1) is 12.6. The molecule has 1 aromatic rings. The summed E-state index contributed by atoms with van der Waals surface area (Å²) < 4.78 is 0. The standard InChI is InChI=1S/C12H17N3O3/c1-7-5-9(10(13-7)12(17)18)14-11(16)8-3-4-15(2)6-8/h5,8,13H,3-4,6H2,1-2H3,(H,14,16)(H,17,18). The van der Waals surface area contributed by atoms with E-state index >= 15 is 0 Å². The molecular formula is C12H17N3O3. The summed E-state index contributed by atoms with van der Waals surface area (Å²) in [5.74, 6) is -1.24. The van der Waals surface area contributed by atoms with Crippen LogP contribution in [0, 0.1) is 12.8 Å². The maximum Gasteiger partial charge on any atom is 0.354 e. The van der Waals surface area contributed by atoms with Gasteiger partial charge in [-0.15, -0.1) is 0 Å². The largest absolute Gasteiger partial charge is 0.477 e. The normalized spacial score (nSPS) is 20.0. The minimum absolute atomic E-state index is 0.0344. The predicted molar refractivity (Wildman–Crippen MR) is 66.7 cm³/mol. The van der Waals surface area contributed by atoms with Crippen molar-refractivity contribution in [3.8, 4) is 0 Å². The van der Waals surface area contributed by atoms with Gasteiger partial charge in [-0.3, -0.25) is 4.79 Å². The van der Waals surface area contributed by atoms with Crippen molar-refractivity contribution in [1.29, 1.82) is 0 Å². The second kappa shape index (κ2) is 4.81. The summed E-state index contributed by atoms with van der Waals surface area (Å²) in [4.78, 5) is 27.8. The van der Waals surface area contributed by atoms with Gasteiger partial charge in [0, 0.05) is 12.2 Å². The Kier molecular flexibility index (Phi) is 3.38. The van der Waals surface area contributed by atoms with Gasteiger partial charge in [-0.25, -0.2) is 4.79 Å². The summed E-state index contributed by atoms with van der Waals surface area (Å²) >= 11 is 0. The minimum Gasteiger partial charge on any atom is -0.477 e. The second-order valence-electron chi connectivity index (χ2n) is 4.78. The number of carboxylic acids is 1. The van der Waals surface area contributed by atoms with E-state index in [1.165, 1.54) is 0 Å². The molecule has 6 heteroatoms. The fourth-order valence-electron chi connectivity index (χ4n) is 2.24. The molecule has 0 bridgehead atoms. The maximum absolute atomic E-state index is 12.0. The van der Waals surface area contributed by atoms with Gasteiger partial charge in [-0.2, -0.15) is 0 Å². The molecule has 98 valence electrons. The van der Waals surface area contributed by atoms with Crippen molar-refractivity contribution in [2.24, 2.45) is 5.92 Å². The SMILES string of the molecule is Cc1cc(NC(=O)C2CCN(C)C2)c(C(=O)O)[nH]1. The van der Waals surface area contributed by atoms with Gasteiger partial charge in [-0.05, 0) is 33.0 Å². The van der Waals surface area contributed by atoms with Crippen LogP contribution in [0.5, 0.6) is 0 Å². The minimum atomic E-state index is -1.07. The van der Waals surface area contributed by atoms with Gasteiger partial charge >= 0.3 is 5.97 Å². The molecule has 3 N–H and O–H groups in total. The van der Waals surface area contributed by atoms with Gasteiger partial charge in [0.15, 0.2) is 0 Å². The highest BCUT2D eigenvalue weighted by atomic mass is 16.4. The molecule has 0 radical (unpaired) electrons. The third-order valence-corrected chi connectivity index (χ3v) is 3.19. The Morgan fingerprint density at radius 3 is 2.83 bits per heavy atom. The summed E-state index contributed by atoms with van der Waals surface area (Å²) in [7, 11) is 1.97. The number of rotatable bonds is 3. The molecule has 1 aliphatic heterocycles. The number of nitrogens with one attached hydrogen (secondary N) is 2. The molecule has 0 spiro atoms. The van der Waals surface area contributed by atoms with E-state index in [0.29, 0.717) is 11.4 Å². The first-order valence-corrected chi connectivity index (χ1v) is 5.89. The lowest BCUT2D eigenvalue weighted by atomic mass is 10.1. The molecule has 1 atom stereocenters. The molecule has 0 saturated carbocycles. The van der Waals surface area contributed by atoms with E-state index in [2.05, 4.69) is 15.2 Å². The lowest BCUT2D eigenvalue weighted by Gasteiger charge is -2.10. The molecule has 1 amide bonds. The van der Waals surface area contributed by atoms with Crippen LogP contribution < -0.4 is 5.32 Å². The number of hydrogen-bond donors (Lipinski definition) is 3. The fraction of sp³-hybridized carbons (Fsp3) is 0.500. The number of nitrogens with zero attached hydrogens (tertiary/aromatic N) is 1. The predicted octanol–water partition coefficient (Wildman–Crippen LogP) is 0.912. The average molecular weight is 251 g/mol. The van der Waals surface area contributed by atoms with E-state index < -0.39 is 5.97 Å². The van der Waals surface area contributed by atoms with Crippen molar-refractivity contribution >= 4 is 17.6 Å². The summed E-state index contributed by atoms with van der Waals surface area (Å²) in [6.07, 6.45) is 0.814. The Hall–Kier alpha value is -1.82. The van der Waals surface area contributed by atoms with E-state index in [0.717, 1.165) is 19.5 Å². The molecule has 2 rings (SSSR count). The van der Waals surface area contributed by atoms with Gasteiger partial charge in [-0.1, -0.05) is 0 Å². The van der Waals surface area contributed by atoms with Gasteiger partial charge in [0.25, 0.3) is 0 Å². The molecule has 1 aromatic heterocycles. The van der Waals surface area contributed by atoms with Crippen molar-refractivity contribution < 1.29 is 14.7 Å². The summed E-state index contributed by atoms with van der Waals surface area (Å²) in [6.45, 7) is 3.37. The van der Waals surface area contributed by atoms with Crippen molar-refractivity contribution in [2.45, 2.75) is 13.3 Å². The van der Waals surface area contributed by atoms with Crippen LogP contribution in [-0.2, 0) is 4.79 Å². The summed E-state index contributed by atoms with van der Waals surface area (Å²) in [5.41, 5.74) is 1.10. The van der Waals surface area contributed by atoms with Crippen LogP contribution in [0.4, 0.5) is 5.69 Å². The number of carboxylic acid groups (broad SMARTS) is 1. The van der Waals surface area contributed by atoms with Crippen molar-refractivity contribution in [2.75, 3.05) is 25.5 Å². The zero-order valence-corrected chi connectivity index (χ0v) is 10.5. The Labute approximate surface area is 105 Å². The van der Waals surface area contributed by atoms with Crippen LogP contribution in [0.2, 0.25) is 0 Å². The first-order chi connectivity index (χ1) is 8.47. The van der Waals surface area contributed by atoms with Crippen LogP contribution in [0.3, 0.4) is 0 Å². The maximum atomic E-state index is 12.0. The molecule has 1 saturated heterocycles. The zero-order chi connectivity index (χ0) is 13.3. The quantitative estimate of drug-likeness (QED) is 0.745. The number of H-pyrrole nitrogens is 1. The number of aromatic nitrogens is 1. The van der Waals surface area contributed by atoms with Crippen LogP contribution >= 0.6 is 0 Å².